The van der Waals surface area contributed by atoms with Gasteiger partial charge in [0.2, 0.25) is 15.9 Å². The molecule has 0 fully saturated rings. The number of hydrogen-bond donors (Lipinski definition) is 1. The van der Waals surface area contributed by atoms with Gasteiger partial charge in [0.1, 0.15) is 6.54 Å². The molecule has 25 heavy (non-hydrogen) atoms. The van der Waals surface area contributed by atoms with Gasteiger partial charge in [0.05, 0.1) is 22.0 Å². The van der Waals surface area contributed by atoms with E-state index in [9.17, 15) is 13.2 Å². The fourth-order valence-electron chi connectivity index (χ4n) is 2.22. The smallest absolute Gasteiger partial charge is 0.245 e. The van der Waals surface area contributed by atoms with E-state index in [0.717, 1.165) is 22.5 Å². The summed E-state index contributed by atoms with van der Waals surface area (Å²) >= 11 is 12.1. The number of amides is 1. The largest absolute Gasteiger partial charge is 0.325 e. The lowest BCUT2D eigenvalue weighted by Gasteiger charge is -2.23. The van der Waals surface area contributed by atoms with Crippen molar-refractivity contribution in [2.45, 2.75) is 13.3 Å². The molecule has 1 N–H and O–H groups in total. The normalized spacial score (nSPS) is 11.2. The van der Waals surface area contributed by atoms with Crippen molar-refractivity contribution in [2.75, 3.05) is 22.4 Å². The molecule has 0 radical (unpaired) electrons. The lowest BCUT2D eigenvalue weighted by atomic mass is 10.1. The van der Waals surface area contributed by atoms with Gasteiger partial charge in [-0.15, -0.1) is 0 Å². The molecule has 0 aromatic heterocycles. The van der Waals surface area contributed by atoms with Gasteiger partial charge in [-0.25, -0.2) is 8.42 Å². The van der Waals surface area contributed by atoms with Crippen molar-refractivity contribution in [3.63, 3.8) is 0 Å². The molecule has 2 rings (SSSR count). The number of anilines is 2. The van der Waals surface area contributed by atoms with Crippen molar-refractivity contribution < 1.29 is 13.2 Å². The van der Waals surface area contributed by atoms with E-state index in [1.54, 1.807) is 24.3 Å². The fraction of sp³-hybridized carbons (Fsp3) is 0.235. The van der Waals surface area contributed by atoms with Crippen molar-refractivity contribution >= 4 is 50.5 Å². The van der Waals surface area contributed by atoms with E-state index in [-0.39, 0.29) is 15.7 Å². The molecule has 0 aliphatic heterocycles. The number of nitrogens with one attached hydrogen (secondary N) is 1. The van der Waals surface area contributed by atoms with Gasteiger partial charge in [0.15, 0.2) is 0 Å². The lowest BCUT2D eigenvalue weighted by Crippen LogP contribution is -2.37. The number of carbonyl (C=O) groups is 1. The zero-order valence-corrected chi connectivity index (χ0v) is 16.1. The van der Waals surface area contributed by atoms with Crippen molar-refractivity contribution in [1.82, 2.24) is 0 Å². The maximum Gasteiger partial charge on any atom is 0.245 e. The Morgan fingerprint density at radius 2 is 1.76 bits per heavy atom. The maximum atomic E-state index is 12.3. The average molecular weight is 401 g/mol. The Morgan fingerprint density at radius 3 is 2.32 bits per heavy atom. The SMILES string of the molecule is CCc1ccc(NC(=O)CN(c2cccc(Cl)c2Cl)S(C)(=O)=O)cc1. The lowest BCUT2D eigenvalue weighted by molar-refractivity contribution is -0.114. The van der Waals surface area contributed by atoms with E-state index in [0.29, 0.717) is 5.69 Å². The molecule has 0 atom stereocenters. The summed E-state index contributed by atoms with van der Waals surface area (Å²) in [6, 6.07) is 12.0. The van der Waals surface area contributed by atoms with E-state index in [4.69, 9.17) is 23.2 Å². The van der Waals surface area contributed by atoms with Crippen LogP contribution in [0, 0.1) is 0 Å². The summed E-state index contributed by atoms with van der Waals surface area (Å²) in [4.78, 5) is 12.3. The number of carbonyl (C=O) groups excluding carboxylic acids is 1. The molecule has 0 saturated carbocycles. The zero-order valence-electron chi connectivity index (χ0n) is 13.8. The highest BCUT2D eigenvalue weighted by Crippen LogP contribution is 2.33. The summed E-state index contributed by atoms with van der Waals surface area (Å²) in [5.41, 5.74) is 1.89. The Morgan fingerprint density at radius 1 is 1.12 bits per heavy atom. The number of hydrogen-bond acceptors (Lipinski definition) is 3. The molecular weight excluding hydrogens is 383 g/mol. The Bertz CT molecular complexity index is 868. The van der Waals surface area contributed by atoms with Gasteiger partial charge in [-0.2, -0.15) is 0 Å². The van der Waals surface area contributed by atoms with Crippen LogP contribution in [0.5, 0.6) is 0 Å². The molecule has 0 saturated heterocycles. The molecular formula is C17H18Cl2N2O3S. The number of halogens is 2. The third-order valence-electron chi connectivity index (χ3n) is 3.53. The first-order chi connectivity index (χ1) is 11.7. The molecule has 2 aromatic carbocycles. The van der Waals surface area contributed by atoms with Gasteiger partial charge in [-0.1, -0.05) is 48.3 Å². The molecule has 0 spiro atoms. The van der Waals surface area contributed by atoms with Crippen molar-refractivity contribution in [1.29, 1.82) is 0 Å². The highest BCUT2D eigenvalue weighted by atomic mass is 35.5. The van der Waals surface area contributed by atoms with Crippen LogP contribution in [0.15, 0.2) is 42.5 Å². The first-order valence-electron chi connectivity index (χ1n) is 7.53. The molecule has 8 heteroatoms. The molecule has 134 valence electrons. The van der Waals surface area contributed by atoms with Crippen LogP contribution in [0.1, 0.15) is 12.5 Å². The molecule has 0 aliphatic carbocycles. The van der Waals surface area contributed by atoms with E-state index >= 15 is 0 Å². The Labute approximate surface area is 157 Å². The second kappa shape index (κ2) is 8.08. The Kier molecular flexibility index (Phi) is 6.32. The van der Waals surface area contributed by atoms with Crippen molar-refractivity contribution in [2.24, 2.45) is 0 Å². The highest BCUT2D eigenvalue weighted by molar-refractivity contribution is 7.92. The summed E-state index contributed by atoms with van der Waals surface area (Å²) < 4.78 is 25.1. The number of nitrogens with zero attached hydrogens (tertiary/aromatic N) is 1. The van der Waals surface area contributed by atoms with E-state index in [1.807, 2.05) is 19.1 Å². The minimum atomic E-state index is -3.73. The van der Waals surface area contributed by atoms with Gasteiger partial charge in [0.25, 0.3) is 0 Å². The Balaban J connectivity index is 2.22. The Hall–Kier alpha value is -1.76. The van der Waals surface area contributed by atoms with Crippen molar-refractivity contribution in [3.05, 3.63) is 58.1 Å². The van der Waals surface area contributed by atoms with Crippen molar-refractivity contribution in [3.8, 4) is 0 Å². The van der Waals surface area contributed by atoms with Crippen LogP contribution < -0.4 is 9.62 Å². The van der Waals surface area contributed by atoms with Crippen LogP contribution in [0.3, 0.4) is 0 Å². The van der Waals surface area contributed by atoms with E-state index in [2.05, 4.69) is 5.32 Å². The maximum absolute atomic E-state index is 12.3. The van der Waals surface area contributed by atoms with Crippen LogP contribution in [0.25, 0.3) is 0 Å². The summed E-state index contributed by atoms with van der Waals surface area (Å²) in [7, 11) is -3.73. The fourth-order valence-corrected chi connectivity index (χ4v) is 3.53. The number of benzene rings is 2. The second-order valence-corrected chi connectivity index (χ2v) is 8.13. The second-order valence-electron chi connectivity index (χ2n) is 5.44. The standard InChI is InChI=1S/C17H18Cl2N2O3S/c1-3-12-7-9-13(10-8-12)20-16(22)11-21(25(2,23)24)15-6-4-5-14(18)17(15)19/h4-10H,3,11H2,1-2H3,(H,20,22). The molecule has 2 aromatic rings. The molecule has 0 aliphatic rings. The topological polar surface area (TPSA) is 66.5 Å². The summed E-state index contributed by atoms with van der Waals surface area (Å²) in [6.07, 6.45) is 1.90. The highest BCUT2D eigenvalue weighted by Gasteiger charge is 2.23. The summed E-state index contributed by atoms with van der Waals surface area (Å²) in [5, 5.41) is 2.97. The van der Waals surface area contributed by atoms with Crippen LogP contribution in [0.2, 0.25) is 10.0 Å². The molecule has 0 unspecified atom stereocenters. The van der Waals surface area contributed by atoms with Gasteiger partial charge in [0, 0.05) is 5.69 Å². The van der Waals surface area contributed by atoms with E-state index < -0.39 is 22.5 Å². The minimum absolute atomic E-state index is 0.0784. The molecule has 1 amide bonds. The minimum Gasteiger partial charge on any atom is -0.325 e. The average Bonchev–Trinajstić information content (AvgIpc) is 2.55. The monoisotopic (exact) mass is 400 g/mol. The first-order valence-corrected chi connectivity index (χ1v) is 10.1. The molecule has 5 nitrogen and oxygen atoms in total. The summed E-state index contributed by atoms with van der Waals surface area (Å²) in [5.74, 6) is -0.481. The van der Waals surface area contributed by atoms with Crippen LogP contribution in [-0.2, 0) is 21.2 Å². The summed E-state index contributed by atoms with van der Waals surface area (Å²) in [6.45, 7) is 1.63. The predicted octanol–water partition coefficient (Wildman–Crippen LogP) is 3.96. The molecule has 0 heterocycles. The third kappa shape index (κ3) is 5.11. The van der Waals surface area contributed by atoms with Gasteiger partial charge in [-0.05, 0) is 36.2 Å². The first kappa shape index (κ1) is 19.6. The van der Waals surface area contributed by atoms with Gasteiger partial charge < -0.3 is 5.32 Å². The van der Waals surface area contributed by atoms with E-state index in [1.165, 1.54) is 6.07 Å². The van der Waals surface area contributed by atoms with Gasteiger partial charge in [-0.3, -0.25) is 9.10 Å². The number of sulfonamides is 1. The number of rotatable bonds is 6. The predicted molar refractivity (Wildman–Crippen MR) is 103 cm³/mol. The van der Waals surface area contributed by atoms with Crippen LogP contribution >= 0.6 is 23.2 Å². The van der Waals surface area contributed by atoms with Gasteiger partial charge >= 0.3 is 0 Å². The third-order valence-corrected chi connectivity index (χ3v) is 5.47. The quantitative estimate of drug-likeness (QED) is 0.797. The molecule has 0 bridgehead atoms. The van der Waals surface area contributed by atoms with Crippen LogP contribution in [0.4, 0.5) is 11.4 Å². The number of aryl methyl sites for hydroxylation is 1. The zero-order chi connectivity index (χ0) is 18.6. The van der Waals surface area contributed by atoms with Crippen LogP contribution in [-0.4, -0.2) is 27.1 Å².